The number of rotatable bonds is 4. The largest absolute Gasteiger partial charge is 0.388 e. The molecule has 0 fully saturated rings. The first-order valence-corrected chi connectivity index (χ1v) is 6.80. The maximum absolute atomic E-state index is 12.9. The smallest absolute Gasteiger partial charge is 0.123 e. The summed E-state index contributed by atoms with van der Waals surface area (Å²) in [6.45, 7) is 0.295. The lowest BCUT2D eigenvalue weighted by Crippen LogP contribution is -2.20. The Morgan fingerprint density at radius 3 is 2.05 bits per heavy atom. The minimum Gasteiger partial charge on any atom is -0.388 e. The zero-order chi connectivity index (χ0) is 13.8. The van der Waals surface area contributed by atoms with Crippen LogP contribution in [0, 0.1) is 5.82 Å². The second-order valence-corrected chi connectivity index (χ2v) is 5.31. The van der Waals surface area contributed by atoms with Gasteiger partial charge in [-0.1, -0.05) is 40.2 Å². The van der Waals surface area contributed by atoms with Gasteiger partial charge in [0.05, 0.1) is 6.10 Å². The van der Waals surface area contributed by atoms with Crippen LogP contribution in [0.25, 0.3) is 0 Å². The molecule has 0 amide bonds. The molecular formula is C15H15BrFNO. The molecule has 2 atom stereocenters. The van der Waals surface area contributed by atoms with Crippen LogP contribution in [-0.4, -0.2) is 11.7 Å². The quantitative estimate of drug-likeness (QED) is 0.906. The topological polar surface area (TPSA) is 46.2 Å². The van der Waals surface area contributed by atoms with Crippen molar-refractivity contribution < 1.29 is 9.50 Å². The number of hydrogen-bond donors (Lipinski definition) is 2. The Morgan fingerprint density at radius 2 is 1.53 bits per heavy atom. The second kappa shape index (κ2) is 6.28. The Morgan fingerprint density at radius 1 is 1.00 bits per heavy atom. The number of benzene rings is 2. The minimum atomic E-state index is -0.705. The van der Waals surface area contributed by atoms with Crippen LogP contribution in [0.15, 0.2) is 53.0 Å². The molecule has 0 bridgehead atoms. The first-order valence-electron chi connectivity index (χ1n) is 6.01. The lowest BCUT2D eigenvalue weighted by Gasteiger charge is -2.22. The molecule has 2 aromatic carbocycles. The van der Waals surface area contributed by atoms with Gasteiger partial charge >= 0.3 is 0 Å². The zero-order valence-corrected chi connectivity index (χ0v) is 11.8. The standard InChI is InChI=1S/C15H15BrFNO/c16-12-5-1-11(2-6-12)15(19)14(9-18)10-3-7-13(17)8-4-10/h1-8,14-15,19H,9,18H2. The van der Waals surface area contributed by atoms with Crippen LogP contribution in [0.3, 0.4) is 0 Å². The van der Waals surface area contributed by atoms with Gasteiger partial charge in [-0.05, 0) is 35.4 Å². The van der Waals surface area contributed by atoms with Crippen molar-refractivity contribution in [3.05, 3.63) is 69.9 Å². The van der Waals surface area contributed by atoms with Crippen molar-refractivity contribution in [3.8, 4) is 0 Å². The van der Waals surface area contributed by atoms with Crippen molar-refractivity contribution in [2.45, 2.75) is 12.0 Å². The molecule has 0 saturated heterocycles. The van der Waals surface area contributed by atoms with E-state index in [2.05, 4.69) is 15.9 Å². The number of nitrogens with two attached hydrogens (primary N) is 1. The summed E-state index contributed by atoms with van der Waals surface area (Å²) in [5.41, 5.74) is 7.38. The second-order valence-electron chi connectivity index (χ2n) is 4.39. The number of hydrogen-bond acceptors (Lipinski definition) is 2. The number of aliphatic hydroxyl groups excluding tert-OH is 1. The average molecular weight is 324 g/mol. The summed E-state index contributed by atoms with van der Waals surface area (Å²) >= 11 is 3.35. The third kappa shape index (κ3) is 3.41. The predicted octanol–water partition coefficient (Wildman–Crippen LogP) is 3.36. The monoisotopic (exact) mass is 323 g/mol. The molecule has 4 heteroatoms. The highest BCUT2D eigenvalue weighted by Crippen LogP contribution is 2.30. The van der Waals surface area contributed by atoms with Gasteiger partial charge in [0.15, 0.2) is 0 Å². The highest BCUT2D eigenvalue weighted by Gasteiger charge is 2.21. The van der Waals surface area contributed by atoms with E-state index in [1.165, 1.54) is 12.1 Å². The van der Waals surface area contributed by atoms with E-state index >= 15 is 0 Å². The summed E-state index contributed by atoms with van der Waals surface area (Å²) < 4.78 is 13.9. The molecule has 0 radical (unpaired) electrons. The van der Waals surface area contributed by atoms with Gasteiger partial charge in [0.25, 0.3) is 0 Å². The third-order valence-corrected chi connectivity index (χ3v) is 3.67. The maximum atomic E-state index is 12.9. The first kappa shape index (κ1) is 14.2. The van der Waals surface area contributed by atoms with E-state index in [1.54, 1.807) is 12.1 Å². The number of aliphatic hydroxyl groups is 1. The van der Waals surface area contributed by atoms with Gasteiger partial charge in [-0.25, -0.2) is 4.39 Å². The number of halogens is 2. The van der Waals surface area contributed by atoms with Crippen LogP contribution < -0.4 is 5.73 Å². The summed E-state index contributed by atoms with van der Waals surface area (Å²) in [5, 5.41) is 10.4. The molecule has 0 aliphatic carbocycles. The average Bonchev–Trinajstić information content (AvgIpc) is 2.42. The highest BCUT2D eigenvalue weighted by molar-refractivity contribution is 9.10. The van der Waals surface area contributed by atoms with Crippen LogP contribution >= 0.6 is 15.9 Å². The summed E-state index contributed by atoms with van der Waals surface area (Å²) in [6, 6.07) is 13.5. The van der Waals surface area contributed by atoms with Crippen LogP contribution in [-0.2, 0) is 0 Å². The van der Waals surface area contributed by atoms with E-state index in [4.69, 9.17) is 5.73 Å². The molecule has 2 nitrogen and oxygen atoms in total. The molecule has 0 saturated carbocycles. The van der Waals surface area contributed by atoms with Crippen molar-refractivity contribution in [2.24, 2.45) is 5.73 Å². The fourth-order valence-corrected chi connectivity index (χ4v) is 2.31. The van der Waals surface area contributed by atoms with Gasteiger partial charge in [0, 0.05) is 16.9 Å². The van der Waals surface area contributed by atoms with Crippen LogP contribution in [0.4, 0.5) is 4.39 Å². The Balaban J connectivity index is 2.26. The Labute approximate surface area is 120 Å². The molecule has 2 unspecified atom stereocenters. The van der Waals surface area contributed by atoms with Crippen molar-refractivity contribution in [1.82, 2.24) is 0 Å². The normalized spacial score (nSPS) is 14.1. The molecule has 0 aromatic heterocycles. The van der Waals surface area contributed by atoms with E-state index in [0.29, 0.717) is 6.54 Å². The molecule has 19 heavy (non-hydrogen) atoms. The van der Waals surface area contributed by atoms with E-state index < -0.39 is 6.10 Å². The van der Waals surface area contributed by atoms with Crippen molar-refractivity contribution in [1.29, 1.82) is 0 Å². The molecule has 0 heterocycles. The van der Waals surface area contributed by atoms with E-state index in [9.17, 15) is 9.50 Å². The van der Waals surface area contributed by atoms with E-state index in [0.717, 1.165) is 15.6 Å². The molecule has 3 N–H and O–H groups in total. The summed E-state index contributed by atoms with van der Waals surface area (Å²) in [4.78, 5) is 0. The van der Waals surface area contributed by atoms with Crippen molar-refractivity contribution in [3.63, 3.8) is 0 Å². The van der Waals surface area contributed by atoms with Gasteiger partial charge < -0.3 is 10.8 Å². The molecule has 0 spiro atoms. The Hall–Kier alpha value is -1.23. The van der Waals surface area contributed by atoms with Crippen molar-refractivity contribution >= 4 is 15.9 Å². The van der Waals surface area contributed by atoms with E-state index in [-0.39, 0.29) is 11.7 Å². The van der Waals surface area contributed by atoms with E-state index in [1.807, 2.05) is 24.3 Å². The maximum Gasteiger partial charge on any atom is 0.123 e. The van der Waals surface area contributed by atoms with Gasteiger partial charge in [0.2, 0.25) is 0 Å². The molecular weight excluding hydrogens is 309 g/mol. The van der Waals surface area contributed by atoms with Crippen LogP contribution in [0.1, 0.15) is 23.1 Å². The minimum absolute atomic E-state index is 0.248. The summed E-state index contributed by atoms with van der Waals surface area (Å²) in [7, 11) is 0. The summed E-state index contributed by atoms with van der Waals surface area (Å²) in [5.74, 6) is -0.542. The van der Waals surface area contributed by atoms with Gasteiger partial charge in [-0.2, -0.15) is 0 Å². The fraction of sp³-hybridized carbons (Fsp3) is 0.200. The lowest BCUT2D eigenvalue weighted by molar-refractivity contribution is 0.147. The summed E-state index contributed by atoms with van der Waals surface area (Å²) in [6.07, 6.45) is -0.705. The third-order valence-electron chi connectivity index (χ3n) is 3.14. The molecule has 0 aliphatic heterocycles. The first-order chi connectivity index (χ1) is 9.11. The molecule has 2 aromatic rings. The zero-order valence-electron chi connectivity index (χ0n) is 10.3. The van der Waals surface area contributed by atoms with Crippen LogP contribution in [0.2, 0.25) is 0 Å². The molecule has 2 rings (SSSR count). The lowest BCUT2D eigenvalue weighted by atomic mass is 9.89. The molecule has 0 aliphatic rings. The fourth-order valence-electron chi connectivity index (χ4n) is 2.05. The predicted molar refractivity (Wildman–Crippen MR) is 77.3 cm³/mol. The Kier molecular flexibility index (Phi) is 4.69. The van der Waals surface area contributed by atoms with Crippen LogP contribution in [0.5, 0.6) is 0 Å². The van der Waals surface area contributed by atoms with Gasteiger partial charge in [0.1, 0.15) is 5.82 Å². The van der Waals surface area contributed by atoms with Crippen molar-refractivity contribution in [2.75, 3.05) is 6.54 Å². The molecule has 100 valence electrons. The highest BCUT2D eigenvalue weighted by atomic mass is 79.9. The van der Waals surface area contributed by atoms with Gasteiger partial charge in [-0.15, -0.1) is 0 Å². The SMILES string of the molecule is NCC(c1ccc(F)cc1)C(O)c1ccc(Br)cc1. The Bertz CT molecular complexity index is 527. The van der Waals surface area contributed by atoms with Gasteiger partial charge in [-0.3, -0.25) is 0 Å².